The molecule has 0 aliphatic heterocycles. The van der Waals surface area contributed by atoms with Crippen molar-refractivity contribution in [2.24, 2.45) is 4.99 Å². The minimum atomic E-state index is -4.41. The van der Waals surface area contributed by atoms with Crippen LogP contribution < -0.4 is 15.4 Å². The first-order valence-electron chi connectivity index (χ1n) is 8.63. The average Bonchev–Trinajstić information content (AvgIpc) is 2.66. The summed E-state index contributed by atoms with van der Waals surface area (Å²) in [6.45, 7) is 2.13. The highest BCUT2D eigenvalue weighted by molar-refractivity contribution is 6.29. The Morgan fingerprint density at radius 2 is 2.00 bits per heavy atom. The molecule has 2 aromatic heterocycles. The monoisotopic (exact) mass is 415 g/mol. The van der Waals surface area contributed by atoms with Crippen LogP contribution in [0.25, 0.3) is 0 Å². The lowest BCUT2D eigenvalue weighted by atomic mass is 10.2. The van der Waals surface area contributed by atoms with E-state index in [1.807, 2.05) is 13.0 Å². The van der Waals surface area contributed by atoms with Crippen LogP contribution in [-0.4, -0.2) is 41.8 Å². The summed E-state index contributed by atoms with van der Waals surface area (Å²) in [6.07, 6.45) is -0.561. The number of alkyl halides is 3. The van der Waals surface area contributed by atoms with E-state index in [-0.39, 0.29) is 12.4 Å². The van der Waals surface area contributed by atoms with Gasteiger partial charge in [0.1, 0.15) is 5.15 Å². The second-order valence-electron chi connectivity index (χ2n) is 5.77. The second-order valence-corrected chi connectivity index (χ2v) is 6.15. The van der Waals surface area contributed by atoms with E-state index in [1.165, 1.54) is 12.3 Å². The molecule has 0 fully saturated rings. The molecule has 0 aromatic carbocycles. The normalized spacial score (nSPS) is 12.0. The first-order valence-corrected chi connectivity index (χ1v) is 9.00. The second kappa shape index (κ2) is 10.7. The molecule has 0 radical (unpaired) electrons. The number of nitrogens with one attached hydrogen (secondary N) is 2. The number of rotatable bonds is 8. The number of guanidine groups is 1. The molecule has 10 heteroatoms. The van der Waals surface area contributed by atoms with Crippen LogP contribution in [0.3, 0.4) is 0 Å². The van der Waals surface area contributed by atoms with Gasteiger partial charge in [-0.3, -0.25) is 0 Å². The highest BCUT2D eigenvalue weighted by Crippen LogP contribution is 2.17. The zero-order valence-corrected chi connectivity index (χ0v) is 16.0. The van der Waals surface area contributed by atoms with Gasteiger partial charge in [-0.25, -0.2) is 15.0 Å². The van der Waals surface area contributed by atoms with E-state index in [2.05, 4.69) is 30.3 Å². The van der Waals surface area contributed by atoms with E-state index < -0.39 is 12.8 Å². The van der Waals surface area contributed by atoms with Crippen molar-refractivity contribution >= 4 is 17.6 Å². The average molecular weight is 416 g/mol. The first-order chi connectivity index (χ1) is 13.4. The summed E-state index contributed by atoms with van der Waals surface area (Å²) in [5, 5.41) is 6.76. The predicted octanol–water partition coefficient (Wildman–Crippen LogP) is 3.37. The number of aromatic nitrogens is 2. The van der Waals surface area contributed by atoms with Gasteiger partial charge in [0.2, 0.25) is 5.88 Å². The fourth-order valence-corrected chi connectivity index (χ4v) is 2.29. The molecule has 0 bridgehead atoms. The Bertz CT molecular complexity index is 769. The number of ether oxygens (including phenoxy) is 1. The lowest BCUT2D eigenvalue weighted by Gasteiger charge is -2.12. The van der Waals surface area contributed by atoms with Crippen molar-refractivity contribution in [2.75, 3.05) is 19.7 Å². The number of hydrogen-bond acceptors (Lipinski definition) is 4. The Labute approximate surface area is 166 Å². The van der Waals surface area contributed by atoms with Crippen LogP contribution in [0.1, 0.15) is 18.1 Å². The molecule has 0 atom stereocenters. The lowest BCUT2D eigenvalue weighted by molar-refractivity contribution is -0.154. The van der Waals surface area contributed by atoms with Crippen LogP contribution >= 0.6 is 11.6 Å². The SMILES string of the molecule is CCNC(=NCc1ccnc(OCC(F)(F)F)c1)NCCc1ccc(Cl)nc1. The summed E-state index contributed by atoms with van der Waals surface area (Å²) in [7, 11) is 0. The molecule has 6 nitrogen and oxygen atoms in total. The van der Waals surface area contributed by atoms with Gasteiger partial charge in [-0.2, -0.15) is 13.2 Å². The van der Waals surface area contributed by atoms with Crippen LogP contribution in [0.4, 0.5) is 13.2 Å². The van der Waals surface area contributed by atoms with E-state index >= 15 is 0 Å². The van der Waals surface area contributed by atoms with Gasteiger partial charge in [0.05, 0.1) is 6.54 Å². The molecule has 0 saturated carbocycles. The van der Waals surface area contributed by atoms with Crippen molar-refractivity contribution in [3.63, 3.8) is 0 Å². The topological polar surface area (TPSA) is 71.4 Å². The maximum Gasteiger partial charge on any atom is 0.422 e. The molecular formula is C18H21ClF3N5O. The zero-order chi connectivity index (χ0) is 20.4. The van der Waals surface area contributed by atoms with E-state index in [0.29, 0.717) is 29.8 Å². The van der Waals surface area contributed by atoms with Crippen molar-refractivity contribution in [2.45, 2.75) is 26.1 Å². The third-order valence-corrected chi connectivity index (χ3v) is 3.67. The molecule has 2 aromatic rings. The van der Waals surface area contributed by atoms with Crippen LogP contribution in [0, 0.1) is 0 Å². The quantitative estimate of drug-likeness (QED) is 0.393. The van der Waals surface area contributed by atoms with Crippen molar-refractivity contribution < 1.29 is 17.9 Å². The largest absolute Gasteiger partial charge is 0.468 e. The molecule has 0 amide bonds. The molecule has 152 valence electrons. The highest BCUT2D eigenvalue weighted by atomic mass is 35.5. The molecule has 2 rings (SSSR count). The standard InChI is InChI=1S/C18H21ClF3N5O/c1-2-23-17(25-8-5-13-3-4-15(19)26-10-13)27-11-14-6-7-24-16(9-14)28-12-18(20,21)22/h3-4,6-7,9-10H,2,5,8,11-12H2,1H3,(H2,23,25,27). The van der Waals surface area contributed by atoms with Crippen LogP contribution in [0.15, 0.2) is 41.7 Å². The van der Waals surface area contributed by atoms with Crippen molar-refractivity contribution in [1.29, 1.82) is 0 Å². The number of halogens is 4. The molecule has 0 aliphatic rings. The molecule has 2 N–H and O–H groups in total. The highest BCUT2D eigenvalue weighted by Gasteiger charge is 2.28. The Morgan fingerprint density at radius 1 is 1.18 bits per heavy atom. The van der Waals surface area contributed by atoms with Crippen LogP contribution in [0.2, 0.25) is 5.15 Å². The minimum absolute atomic E-state index is 0.0850. The van der Waals surface area contributed by atoms with E-state index in [4.69, 9.17) is 11.6 Å². The summed E-state index contributed by atoms with van der Waals surface area (Å²) in [6, 6.07) is 6.75. The molecule has 0 unspecified atom stereocenters. The van der Waals surface area contributed by atoms with Gasteiger partial charge in [0, 0.05) is 31.5 Å². The van der Waals surface area contributed by atoms with Crippen molar-refractivity contribution in [3.8, 4) is 5.88 Å². The van der Waals surface area contributed by atoms with Gasteiger partial charge in [0.15, 0.2) is 12.6 Å². The minimum Gasteiger partial charge on any atom is -0.468 e. The Morgan fingerprint density at radius 3 is 2.68 bits per heavy atom. The van der Waals surface area contributed by atoms with E-state index in [9.17, 15) is 13.2 Å². The van der Waals surface area contributed by atoms with E-state index in [1.54, 1.807) is 18.3 Å². The van der Waals surface area contributed by atoms with E-state index in [0.717, 1.165) is 12.0 Å². The van der Waals surface area contributed by atoms with Gasteiger partial charge in [-0.05, 0) is 36.6 Å². The molecule has 2 heterocycles. The molecule has 28 heavy (non-hydrogen) atoms. The third-order valence-electron chi connectivity index (χ3n) is 3.44. The Balaban J connectivity index is 1.89. The maximum atomic E-state index is 12.2. The Hall–Kier alpha value is -2.55. The fourth-order valence-electron chi connectivity index (χ4n) is 2.18. The Kier molecular flexibility index (Phi) is 8.31. The summed E-state index contributed by atoms with van der Waals surface area (Å²) in [4.78, 5) is 12.2. The third kappa shape index (κ3) is 8.43. The lowest BCUT2D eigenvalue weighted by Crippen LogP contribution is -2.38. The number of hydrogen-bond donors (Lipinski definition) is 2. The summed E-state index contributed by atoms with van der Waals surface area (Å²) >= 11 is 5.77. The first kappa shape index (κ1) is 21.7. The smallest absolute Gasteiger partial charge is 0.422 e. The van der Waals surface area contributed by atoms with Crippen LogP contribution in [0.5, 0.6) is 5.88 Å². The van der Waals surface area contributed by atoms with Gasteiger partial charge in [-0.15, -0.1) is 0 Å². The molecule has 0 spiro atoms. The zero-order valence-electron chi connectivity index (χ0n) is 15.3. The van der Waals surface area contributed by atoms with Crippen molar-refractivity contribution in [3.05, 3.63) is 52.9 Å². The van der Waals surface area contributed by atoms with Gasteiger partial charge in [-0.1, -0.05) is 17.7 Å². The predicted molar refractivity (Wildman–Crippen MR) is 102 cm³/mol. The van der Waals surface area contributed by atoms with Gasteiger partial charge in [0.25, 0.3) is 0 Å². The molecular weight excluding hydrogens is 395 g/mol. The fraction of sp³-hybridized carbons (Fsp3) is 0.389. The summed E-state index contributed by atoms with van der Waals surface area (Å²) in [5.41, 5.74) is 1.72. The summed E-state index contributed by atoms with van der Waals surface area (Å²) < 4.78 is 41.4. The molecule has 0 saturated heterocycles. The number of pyridine rings is 2. The number of aliphatic imine (C=N–C) groups is 1. The molecule has 0 aliphatic carbocycles. The van der Waals surface area contributed by atoms with Gasteiger partial charge < -0.3 is 15.4 Å². The maximum absolute atomic E-state index is 12.2. The van der Waals surface area contributed by atoms with Gasteiger partial charge >= 0.3 is 6.18 Å². The van der Waals surface area contributed by atoms with Crippen molar-refractivity contribution in [1.82, 2.24) is 20.6 Å². The summed E-state index contributed by atoms with van der Waals surface area (Å²) in [5.74, 6) is 0.511. The van der Waals surface area contributed by atoms with Crippen LogP contribution in [-0.2, 0) is 13.0 Å². The number of nitrogens with zero attached hydrogens (tertiary/aromatic N) is 3.